The highest BCUT2D eigenvalue weighted by atomic mass is 35.5. The van der Waals surface area contributed by atoms with Crippen LogP contribution < -0.4 is 11.1 Å². The Balaban J connectivity index is 0.000000265. The van der Waals surface area contributed by atoms with Crippen molar-refractivity contribution >= 4 is 40.4 Å². The maximum atomic E-state index is 13.6. The van der Waals surface area contributed by atoms with Gasteiger partial charge in [-0.2, -0.15) is 0 Å². The van der Waals surface area contributed by atoms with Crippen LogP contribution in [0.4, 0.5) is 13.6 Å². The number of benzene rings is 2. The second-order valence-corrected chi connectivity index (χ2v) is 9.74. The fourth-order valence-electron chi connectivity index (χ4n) is 3.77. The standard InChI is InChI=1S/C16H20FNO3.C11H12FNO.ClH/c1-10(18-15(19)21-16(2,3)4)7-12-9-13(17)8-11-5-6-20-14(11)12;1-7(13)4-9-6-10(12)5-8-2-3-14-11(8)9;/h5-6,8-10H,7H2,1-4H3,(H,18,19);2-3,5-7H,4,13H2,1H3;1H/t10-;7-;/m00./s1. The Morgan fingerprint density at radius 2 is 1.42 bits per heavy atom. The maximum Gasteiger partial charge on any atom is 0.407 e. The van der Waals surface area contributed by atoms with Gasteiger partial charge in [0, 0.05) is 28.4 Å². The molecule has 36 heavy (non-hydrogen) atoms. The largest absolute Gasteiger partial charge is 0.464 e. The van der Waals surface area contributed by atoms with Crippen molar-refractivity contribution in [2.45, 2.75) is 65.1 Å². The molecule has 0 aliphatic carbocycles. The van der Waals surface area contributed by atoms with Gasteiger partial charge in [-0.15, -0.1) is 12.4 Å². The lowest BCUT2D eigenvalue weighted by atomic mass is 10.0. The smallest absolute Gasteiger partial charge is 0.407 e. The second-order valence-electron chi connectivity index (χ2n) is 9.74. The minimum atomic E-state index is -0.545. The van der Waals surface area contributed by atoms with Gasteiger partial charge in [-0.1, -0.05) is 0 Å². The third kappa shape index (κ3) is 8.24. The molecule has 9 heteroatoms. The van der Waals surface area contributed by atoms with Gasteiger partial charge < -0.3 is 24.6 Å². The number of hydrogen-bond acceptors (Lipinski definition) is 5. The minimum absolute atomic E-state index is 0. The van der Waals surface area contributed by atoms with Gasteiger partial charge in [0.25, 0.3) is 0 Å². The van der Waals surface area contributed by atoms with Gasteiger partial charge in [-0.25, -0.2) is 13.6 Å². The van der Waals surface area contributed by atoms with E-state index in [0.29, 0.717) is 18.4 Å². The number of carbonyl (C=O) groups excluding carboxylic acids is 1. The highest BCUT2D eigenvalue weighted by Crippen LogP contribution is 2.24. The van der Waals surface area contributed by atoms with E-state index >= 15 is 0 Å². The van der Waals surface area contributed by atoms with Crippen LogP contribution in [0.2, 0.25) is 0 Å². The average Bonchev–Trinajstić information content (AvgIpc) is 3.35. The molecule has 4 rings (SSSR count). The lowest BCUT2D eigenvalue weighted by molar-refractivity contribution is 0.0508. The van der Waals surface area contributed by atoms with E-state index in [1.807, 2.05) is 13.8 Å². The summed E-state index contributed by atoms with van der Waals surface area (Å²) in [5.41, 5.74) is 8.07. The SMILES string of the molecule is C[C@@H](Cc1cc(F)cc2ccoc12)NC(=O)OC(C)(C)C.C[C@H](N)Cc1cc(F)cc2ccoc12.Cl. The molecule has 2 atom stereocenters. The molecule has 196 valence electrons. The Hall–Kier alpha value is -3.10. The van der Waals surface area contributed by atoms with E-state index in [9.17, 15) is 13.6 Å². The van der Waals surface area contributed by atoms with Gasteiger partial charge >= 0.3 is 6.09 Å². The monoisotopic (exact) mass is 522 g/mol. The number of amides is 1. The zero-order valence-electron chi connectivity index (χ0n) is 21.1. The molecule has 0 unspecified atom stereocenters. The Kier molecular flexibility index (Phi) is 9.90. The molecule has 0 saturated heterocycles. The summed E-state index contributed by atoms with van der Waals surface area (Å²) in [5, 5.41) is 4.25. The van der Waals surface area contributed by atoms with E-state index < -0.39 is 11.7 Å². The summed E-state index contributed by atoms with van der Waals surface area (Å²) < 4.78 is 42.6. The van der Waals surface area contributed by atoms with Crippen molar-refractivity contribution in [3.8, 4) is 0 Å². The normalized spacial score (nSPS) is 12.9. The predicted octanol–water partition coefficient (Wildman–Crippen LogP) is 6.91. The number of carbonyl (C=O) groups is 1. The molecular formula is C27H33ClF2N2O4. The maximum absolute atomic E-state index is 13.6. The molecule has 0 aliphatic rings. The Bertz CT molecular complexity index is 1290. The molecule has 0 radical (unpaired) electrons. The molecular weight excluding hydrogens is 490 g/mol. The molecule has 0 bridgehead atoms. The molecule has 2 aromatic carbocycles. The van der Waals surface area contributed by atoms with Crippen molar-refractivity contribution < 1.29 is 27.1 Å². The number of rotatable bonds is 5. The van der Waals surface area contributed by atoms with Crippen LogP contribution in [0.5, 0.6) is 0 Å². The summed E-state index contributed by atoms with van der Waals surface area (Å²) in [5.74, 6) is -0.557. The topological polar surface area (TPSA) is 90.6 Å². The number of hydrogen-bond donors (Lipinski definition) is 2. The summed E-state index contributed by atoms with van der Waals surface area (Å²) in [7, 11) is 0. The molecule has 2 heterocycles. The van der Waals surface area contributed by atoms with E-state index in [1.54, 1.807) is 39.2 Å². The Morgan fingerprint density at radius 3 is 1.86 bits per heavy atom. The fourth-order valence-corrected chi connectivity index (χ4v) is 3.77. The summed E-state index contributed by atoms with van der Waals surface area (Å²) in [6.45, 7) is 9.13. The second kappa shape index (κ2) is 12.2. The first-order valence-electron chi connectivity index (χ1n) is 11.5. The van der Waals surface area contributed by atoms with Crippen molar-refractivity contribution in [1.29, 1.82) is 0 Å². The number of ether oxygens (including phenoxy) is 1. The van der Waals surface area contributed by atoms with Gasteiger partial charge in [0.1, 0.15) is 28.4 Å². The van der Waals surface area contributed by atoms with E-state index in [-0.39, 0.29) is 36.1 Å². The number of nitrogens with two attached hydrogens (primary N) is 1. The van der Waals surface area contributed by atoms with Crippen LogP contribution in [0.25, 0.3) is 21.9 Å². The van der Waals surface area contributed by atoms with E-state index in [4.69, 9.17) is 19.3 Å². The molecule has 0 spiro atoms. The van der Waals surface area contributed by atoms with Crippen molar-refractivity contribution in [3.63, 3.8) is 0 Å². The number of halogens is 3. The summed E-state index contributed by atoms with van der Waals surface area (Å²) in [6.07, 6.45) is 3.69. The fraction of sp³-hybridized carbons (Fsp3) is 0.370. The molecule has 1 amide bonds. The summed E-state index contributed by atoms with van der Waals surface area (Å²) in [4.78, 5) is 11.7. The van der Waals surface area contributed by atoms with E-state index in [2.05, 4.69) is 5.32 Å². The van der Waals surface area contributed by atoms with Crippen LogP contribution >= 0.6 is 12.4 Å². The molecule has 2 aromatic heterocycles. The van der Waals surface area contributed by atoms with Gasteiger partial charge in [0.05, 0.1) is 12.5 Å². The van der Waals surface area contributed by atoms with Crippen LogP contribution in [0, 0.1) is 11.6 Å². The minimum Gasteiger partial charge on any atom is -0.464 e. The van der Waals surface area contributed by atoms with Crippen molar-refractivity contribution in [2.24, 2.45) is 5.73 Å². The molecule has 6 nitrogen and oxygen atoms in total. The first kappa shape index (κ1) is 29.1. The van der Waals surface area contributed by atoms with Crippen molar-refractivity contribution in [3.05, 3.63) is 71.7 Å². The predicted molar refractivity (Wildman–Crippen MR) is 139 cm³/mol. The molecule has 4 aromatic rings. The first-order valence-corrected chi connectivity index (χ1v) is 11.5. The summed E-state index contributed by atoms with van der Waals surface area (Å²) in [6, 6.07) is 9.07. The third-order valence-electron chi connectivity index (χ3n) is 5.02. The number of nitrogens with one attached hydrogen (secondary N) is 1. The van der Waals surface area contributed by atoms with E-state index in [1.165, 1.54) is 30.5 Å². The lowest BCUT2D eigenvalue weighted by Gasteiger charge is -2.22. The van der Waals surface area contributed by atoms with Crippen LogP contribution in [-0.2, 0) is 17.6 Å². The van der Waals surface area contributed by atoms with Crippen molar-refractivity contribution in [2.75, 3.05) is 0 Å². The Morgan fingerprint density at radius 1 is 0.944 bits per heavy atom. The Labute approximate surface area is 215 Å². The zero-order chi connectivity index (χ0) is 25.8. The van der Waals surface area contributed by atoms with Crippen molar-refractivity contribution in [1.82, 2.24) is 5.32 Å². The lowest BCUT2D eigenvalue weighted by Crippen LogP contribution is -2.38. The van der Waals surface area contributed by atoms with Gasteiger partial charge in [-0.3, -0.25) is 0 Å². The van der Waals surface area contributed by atoms with Crippen LogP contribution in [0.1, 0.15) is 45.7 Å². The van der Waals surface area contributed by atoms with E-state index in [0.717, 1.165) is 27.5 Å². The zero-order valence-corrected chi connectivity index (χ0v) is 21.9. The number of furan rings is 2. The highest BCUT2D eigenvalue weighted by Gasteiger charge is 2.19. The average molecular weight is 523 g/mol. The molecule has 0 fully saturated rings. The highest BCUT2D eigenvalue weighted by molar-refractivity contribution is 5.85. The van der Waals surface area contributed by atoms with Crippen LogP contribution in [0.3, 0.4) is 0 Å². The quantitative estimate of drug-likeness (QED) is 0.297. The van der Waals surface area contributed by atoms with Gasteiger partial charge in [0.15, 0.2) is 0 Å². The third-order valence-corrected chi connectivity index (χ3v) is 5.02. The van der Waals surface area contributed by atoms with Gasteiger partial charge in [0.2, 0.25) is 0 Å². The molecule has 3 N–H and O–H groups in total. The van der Waals surface area contributed by atoms with Crippen LogP contribution in [0.15, 0.2) is 57.8 Å². The number of alkyl carbamates (subject to hydrolysis) is 1. The number of fused-ring (bicyclic) bond motifs is 2. The molecule has 0 saturated carbocycles. The van der Waals surface area contributed by atoms with Crippen LogP contribution in [-0.4, -0.2) is 23.8 Å². The molecule has 0 aliphatic heterocycles. The van der Waals surface area contributed by atoms with Gasteiger partial charge in [-0.05, 0) is 89.4 Å². The summed E-state index contributed by atoms with van der Waals surface area (Å²) >= 11 is 0. The first-order chi connectivity index (χ1) is 16.4.